The molecule has 0 amide bonds. The Hall–Kier alpha value is -1.35. The van der Waals surface area contributed by atoms with Crippen molar-refractivity contribution in [2.45, 2.75) is 25.3 Å². The minimum atomic E-state index is 0. The predicted octanol–water partition coefficient (Wildman–Crippen LogP) is 4.06. The average molecular weight is 343 g/mol. The van der Waals surface area contributed by atoms with Crippen LogP contribution in [0.15, 0.2) is 54.6 Å². The zero-order chi connectivity index (χ0) is 15.5. The first-order valence-corrected chi connectivity index (χ1v) is 8.96. The van der Waals surface area contributed by atoms with Crippen molar-refractivity contribution in [3.63, 3.8) is 0 Å². The van der Waals surface area contributed by atoms with Crippen molar-refractivity contribution < 1.29 is 0 Å². The summed E-state index contributed by atoms with van der Waals surface area (Å²) in [6, 6.07) is 20.1. The fraction of sp³-hybridized carbons (Fsp3) is 0.429. The van der Waals surface area contributed by atoms with Crippen molar-refractivity contribution in [1.82, 2.24) is 10.2 Å². The molecule has 2 aliphatic rings. The number of rotatable bonds is 3. The van der Waals surface area contributed by atoms with E-state index in [4.69, 9.17) is 0 Å². The second-order valence-electron chi connectivity index (χ2n) is 7.05. The van der Waals surface area contributed by atoms with Crippen LogP contribution in [-0.2, 0) is 6.54 Å². The zero-order valence-corrected chi connectivity index (χ0v) is 15.0. The van der Waals surface area contributed by atoms with Crippen LogP contribution in [0.5, 0.6) is 0 Å². The van der Waals surface area contributed by atoms with Gasteiger partial charge in [0, 0.05) is 25.6 Å². The molecule has 128 valence electrons. The third-order valence-electron chi connectivity index (χ3n) is 5.44. The van der Waals surface area contributed by atoms with Gasteiger partial charge < -0.3 is 5.32 Å². The van der Waals surface area contributed by atoms with Crippen molar-refractivity contribution in [3.05, 3.63) is 71.3 Å². The highest BCUT2D eigenvalue weighted by molar-refractivity contribution is 5.85. The van der Waals surface area contributed by atoms with Gasteiger partial charge in [-0.15, -0.1) is 12.4 Å². The zero-order valence-electron chi connectivity index (χ0n) is 14.2. The van der Waals surface area contributed by atoms with Crippen LogP contribution < -0.4 is 5.32 Å². The Bertz CT molecular complexity index is 637. The molecular formula is C21H27ClN2. The van der Waals surface area contributed by atoms with E-state index in [1.165, 1.54) is 49.2 Å². The lowest BCUT2D eigenvalue weighted by Crippen LogP contribution is -2.40. The fourth-order valence-electron chi connectivity index (χ4n) is 4.22. The van der Waals surface area contributed by atoms with Crippen molar-refractivity contribution in [2.75, 3.05) is 26.2 Å². The number of benzene rings is 2. The largest absolute Gasteiger partial charge is 0.317 e. The lowest BCUT2D eigenvalue weighted by atomic mass is 9.84. The molecule has 1 unspecified atom stereocenters. The number of nitrogens with zero attached hydrogens (tertiary/aromatic N) is 1. The van der Waals surface area contributed by atoms with E-state index in [1.54, 1.807) is 0 Å². The molecule has 3 heteroatoms. The van der Waals surface area contributed by atoms with Gasteiger partial charge in [0.05, 0.1) is 0 Å². The van der Waals surface area contributed by atoms with Gasteiger partial charge in [-0.2, -0.15) is 0 Å². The van der Waals surface area contributed by atoms with E-state index in [9.17, 15) is 0 Å². The third-order valence-corrected chi connectivity index (χ3v) is 5.44. The van der Waals surface area contributed by atoms with Gasteiger partial charge in [-0.1, -0.05) is 54.6 Å². The summed E-state index contributed by atoms with van der Waals surface area (Å²) in [6.45, 7) is 5.90. The van der Waals surface area contributed by atoms with Crippen LogP contribution in [0.2, 0.25) is 0 Å². The predicted molar refractivity (Wildman–Crippen MR) is 103 cm³/mol. The van der Waals surface area contributed by atoms with Crippen molar-refractivity contribution >= 4 is 12.4 Å². The first-order chi connectivity index (χ1) is 11.4. The van der Waals surface area contributed by atoms with Gasteiger partial charge in [0.25, 0.3) is 0 Å². The molecule has 0 bridgehead atoms. The molecule has 2 nitrogen and oxygen atoms in total. The van der Waals surface area contributed by atoms with Crippen LogP contribution >= 0.6 is 12.4 Å². The van der Waals surface area contributed by atoms with Crippen molar-refractivity contribution in [1.29, 1.82) is 0 Å². The van der Waals surface area contributed by atoms with Crippen LogP contribution in [-0.4, -0.2) is 31.1 Å². The van der Waals surface area contributed by atoms with Crippen LogP contribution in [0.3, 0.4) is 0 Å². The maximum Gasteiger partial charge on any atom is 0.0237 e. The SMILES string of the molecule is Cl.c1ccc(C2CN(CC3CCNCC3)Cc3ccccc32)cc1. The van der Waals surface area contributed by atoms with E-state index < -0.39 is 0 Å². The average Bonchev–Trinajstić information content (AvgIpc) is 2.63. The Morgan fingerprint density at radius 3 is 2.42 bits per heavy atom. The maximum absolute atomic E-state index is 3.48. The van der Waals surface area contributed by atoms with Gasteiger partial charge in [0.1, 0.15) is 0 Å². The van der Waals surface area contributed by atoms with Crippen molar-refractivity contribution in [2.24, 2.45) is 5.92 Å². The Morgan fingerprint density at radius 2 is 1.62 bits per heavy atom. The molecule has 0 radical (unpaired) electrons. The highest BCUT2D eigenvalue weighted by atomic mass is 35.5. The topological polar surface area (TPSA) is 15.3 Å². The Kier molecular flexibility index (Phi) is 5.94. The van der Waals surface area contributed by atoms with Gasteiger partial charge in [-0.05, 0) is 48.5 Å². The van der Waals surface area contributed by atoms with E-state index in [0.717, 1.165) is 19.0 Å². The molecule has 2 aromatic rings. The van der Waals surface area contributed by atoms with Gasteiger partial charge in [-0.25, -0.2) is 0 Å². The molecule has 0 spiro atoms. The van der Waals surface area contributed by atoms with E-state index >= 15 is 0 Å². The van der Waals surface area contributed by atoms with Crippen LogP contribution in [0.1, 0.15) is 35.4 Å². The van der Waals surface area contributed by atoms with Gasteiger partial charge in [0.15, 0.2) is 0 Å². The standard InChI is InChI=1S/C21H26N2.ClH/c1-2-6-18(7-3-1)21-16-23(14-17-10-12-22-13-11-17)15-19-8-4-5-9-20(19)21;/h1-9,17,21-22H,10-16H2;1H. The lowest BCUT2D eigenvalue weighted by molar-refractivity contribution is 0.183. The molecule has 0 saturated carbocycles. The second kappa shape index (κ2) is 8.15. The molecule has 1 fully saturated rings. The van der Waals surface area contributed by atoms with Gasteiger partial charge in [-0.3, -0.25) is 4.90 Å². The van der Waals surface area contributed by atoms with Gasteiger partial charge in [0.2, 0.25) is 0 Å². The van der Waals surface area contributed by atoms with E-state index in [-0.39, 0.29) is 12.4 Å². The number of hydrogen-bond acceptors (Lipinski definition) is 2. The molecule has 2 heterocycles. The number of nitrogens with one attached hydrogen (secondary N) is 1. The number of halogens is 1. The maximum atomic E-state index is 3.48. The summed E-state index contributed by atoms with van der Waals surface area (Å²) in [6.07, 6.45) is 2.66. The molecule has 1 atom stereocenters. The molecule has 2 aliphatic heterocycles. The van der Waals surface area contributed by atoms with Gasteiger partial charge >= 0.3 is 0 Å². The monoisotopic (exact) mass is 342 g/mol. The number of piperidine rings is 1. The van der Waals surface area contributed by atoms with Crippen LogP contribution in [0.4, 0.5) is 0 Å². The molecule has 1 N–H and O–H groups in total. The highest BCUT2D eigenvalue weighted by Gasteiger charge is 2.27. The molecule has 0 aromatic heterocycles. The Labute approximate surface area is 151 Å². The molecule has 1 saturated heterocycles. The van der Waals surface area contributed by atoms with Crippen molar-refractivity contribution in [3.8, 4) is 0 Å². The molecule has 0 aliphatic carbocycles. The lowest BCUT2D eigenvalue weighted by Gasteiger charge is -2.37. The summed E-state index contributed by atoms with van der Waals surface area (Å²) in [5, 5.41) is 3.48. The quantitative estimate of drug-likeness (QED) is 0.905. The van der Waals surface area contributed by atoms with E-state index in [1.807, 2.05) is 0 Å². The molecule has 4 rings (SSSR count). The normalized spacial score (nSPS) is 21.8. The van der Waals surface area contributed by atoms with E-state index in [2.05, 4.69) is 64.8 Å². The fourth-order valence-corrected chi connectivity index (χ4v) is 4.22. The summed E-state index contributed by atoms with van der Waals surface area (Å²) in [5.41, 5.74) is 4.50. The molecule has 24 heavy (non-hydrogen) atoms. The second-order valence-corrected chi connectivity index (χ2v) is 7.05. The third kappa shape index (κ3) is 3.83. The first-order valence-electron chi connectivity index (χ1n) is 8.96. The molecule has 2 aromatic carbocycles. The summed E-state index contributed by atoms with van der Waals surface area (Å²) >= 11 is 0. The van der Waals surface area contributed by atoms with E-state index in [0.29, 0.717) is 5.92 Å². The highest BCUT2D eigenvalue weighted by Crippen LogP contribution is 2.34. The summed E-state index contributed by atoms with van der Waals surface area (Å²) < 4.78 is 0. The summed E-state index contributed by atoms with van der Waals surface area (Å²) in [4.78, 5) is 2.69. The number of fused-ring (bicyclic) bond motifs is 1. The minimum Gasteiger partial charge on any atom is -0.317 e. The number of hydrogen-bond donors (Lipinski definition) is 1. The Balaban J connectivity index is 0.00000169. The Morgan fingerprint density at radius 1 is 0.917 bits per heavy atom. The van der Waals surface area contributed by atoms with Crippen LogP contribution in [0.25, 0.3) is 0 Å². The summed E-state index contributed by atoms with van der Waals surface area (Å²) in [5.74, 6) is 1.38. The minimum absolute atomic E-state index is 0. The van der Waals surface area contributed by atoms with Crippen LogP contribution in [0, 0.1) is 5.92 Å². The molecular weight excluding hydrogens is 316 g/mol. The first kappa shape index (κ1) is 17.5. The smallest absolute Gasteiger partial charge is 0.0237 e. The summed E-state index contributed by atoms with van der Waals surface area (Å²) in [7, 11) is 0.